The molecule has 1 aliphatic heterocycles. The van der Waals surface area contributed by atoms with Crippen LogP contribution in [-0.2, 0) is 20.8 Å². The molecular formula is C12H21N3O3. The Hall–Kier alpha value is -0.950. The summed E-state index contributed by atoms with van der Waals surface area (Å²) in [5, 5.41) is 6.77. The molecule has 0 aliphatic carbocycles. The van der Waals surface area contributed by atoms with Crippen LogP contribution in [0.4, 0.5) is 0 Å². The third-order valence-electron chi connectivity index (χ3n) is 3.44. The number of ether oxygens (including phenoxy) is 3. The normalized spacial score (nSPS) is 28.8. The Bertz CT molecular complexity index is 344. The van der Waals surface area contributed by atoms with Crippen LogP contribution in [-0.4, -0.2) is 67.8 Å². The lowest BCUT2D eigenvalue weighted by molar-refractivity contribution is -0.153. The summed E-state index contributed by atoms with van der Waals surface area (Å²) in [6.07, 6.45) is 3.74. The summed E-state index contributed by atoms with van der Waals surface area (Å²) >= 11 is 0. The molecule has 6 heteroatoms. The van der Waals surface area contributed by atoms with Gasteiger partial charge in [0.2, 0.25) is 0 Å². The molecule has 0 unspecified atom stereocenters. The molecule has 1 fully saturated rings. The van der Waals surface area contributed by atoms with Crippen molar-refractivity contribution in [2.24, 2.45) is 0 Å². The maximum atomic E-state index is 5.59. The Kier molecular flexibility index (Phi) is 4.71. The minimum atomic E-state index is -0.0134. The first-order chi connectivity index (χ1) is 8.76. The van der Waals surface area contributed by atoms with E-state index in [4.69, 9.17) is 14.2 Å². The second-order valence-corrected chi connectivity index (χ2v) is 4.60. The van der Waals surface area contributed by atoms with Crippen LogP contribution in [0.2, 0.25) is 0 Å². The fourth-order valence-electron chi connectivity index (χ4n) is 2.40. The topological polar surface area (TPSA) is 59.6 Å². The summed E-state index contributed by atoms with van der Waals surface area (Å²) in [7, 11) is 5.48. The maximum Gasteiger partial charge on any atom is 0.108 e. The van der Waals surface area contributed by atoms with Crippen molar-refractivity contribution in [2.75, 3.05) is 34.5 Å². The Labute approximate surface area is 107 Å². The number of rotatable bonds is 5. The van der Waals surface area contributed by atoms with Crippen molar-refractivity contribution in [3.05, 3.63) is 18.0 Å². The highest BCUT2D eigenvalue weighted by atomic mass is 16.6. The Balaban J connectivity index is 2.00. The van der Waals surface area contributed by atoms with Crippen molar-refractivity contribution < 1.29 is 14.2 Å². The standard InChI is InChI=1S/C12H21N3O3/c1-15(6-9-4-13-14-5-9)10-7-18-8-11(16-2)12(10)17-3/h4-5,10-12H,6-8H2,1-3H3,(H,13,14)/t10-,11-,12+/m1/s1. The van der Waals surface area contributed by atoms with Gasteiger partial charge in [-0.1, -0.05) is 0 Å². The lowest BCUT2D eigenvalue weighted by Crippen LogP contribution is -2.56. The van der Waals surface area contributed by atoms with Crippen molar-refractivity contribution in [2.45, 2.75) is 24.8 Å². The molecule has 102 valence electrons. The van der Waals surface area contributed by atoms with Gasteiger partial charge in [0.05, 0.1) is 25.5 Å². The van der Waals surface area contributed by atoms with Gasteiger partial charge in [-0.05, 0) is 7.05 Å². The number of hydrogen-bond donors (Lipinski definition) is 1. The highest BCUT2D eigenvalue weighted by Gasteiger charge is 2.36. The number of aromatic nitrogens is 2. The maximum absolute atomic E-state index is 5.59. The van der Waals surface area contributed by atoms with Gasteiger partial charge in [-0.2, -0.15) is 5.10 Å². The van der Waals surface area contributed by atoms with E-state index in [2.05, 4.69) is 22.1 Å². The average molecular weight is 255 g/mol. The molecular weight excluding hydrogens is 234 g/mol. The Morgan fingerprint density at radius 1 is 1.44 bits per heavy atom. The van der Waals surface area contributed by atoms with Crippen molar-refractivity contribution in [3.63, 3.8) is 0 Å². The van der Waals surface area contributed by atoms with Gasteiger partial charge in [0.15, 0.2) is 0 Å². The fourth-order valence-corrected chi connectivity index (χ4v) is 2.40. The van der Waals surface area contributed by atoms with Gasteiger partial charge in [0, 0.05) is 32.5 Å². The van der Waals surface area contributed by atoms with E-state index < -0.39 is 0 Å². The molecule has 3 atom stereocenters. The van der Waals surface area contributed by atoms with E-state index >= 15 is 0 Å². The molecule has 1 aliphatic rings. The SMILES string of the molecule is CO[C@H]1[C@H](N(C)Cc2cn[nH]c2)COC[C@H]1OC. The average Bonchev–Trinajstić information content (AvgIpc) is 2.90. The van der Waals surface area contributed by atoms with Crippen LogP contribution in [0.3, 0.4) is 0 Å². The molecule has 0 spiro atoms. The van der Waals surface area contributed by atoms with Gasteiger partial charge in [-0.15, -0.1) is 0 Å². The van der Waals surface area contributed by atoms with Crippen LogP contribution in [0.15, 0.2) is 12.4 Å². The van der Waals surface area contributed by atoms with Crippen LogP contribution in [0.5, 0.6) is 0 Å². The smallest absolute Gasteiger partial charge is 0.108 e. The molecule has 1 aromatic rings. The number of methoxy groups -OCH3 is 2. The Morgan fingerprint density at radius 3 is 2.89 bits per heavy atom. The van der Waals surface area contributed by atoms with Crippen molar-refractivity contribution in [1.29, 1.82) is 0 Å². The van der Waals surface area contributed by atoms with Gasteiger partial charge in [0.1, 0.15) is 12.2 Å². The monoisotopic (exact) mass is 255 g/mol. The molecule has 1 aromatic heterocycles. The zero-order valence-electron chi connectivity index (χ0n) is 11.1. The van der Waals surface area contributed by atoms with E-state index in [0.717, 1.165) is 12.1 Å². The molecule has 0 saturated carbocycles. The van der Waals surface area contributed by atoms with Gasteiger partial charge in [-0.3, -0.25) is 10.00 Å². The number of nitrogens with one attached hydrogen (secondary N) is 1. The third kappa shape index (κ3) is 2.89. The quantitative estimate of drug-likeness (QED) is 0.818. The highest BCUT2D eigenvalue weighted by molar-refractivity contribution is 5.03. The van der Waals surface area contributed by atoms with Gasteiger partial charge in [-0.25, -0.2) is 0 Å². The number of H-pyrrole nitrogens is 1. The summed E-state index contributed by atoms with van der Waals surface area (Å²) in [4.78, 5) is 2.21. The number of likely N-dealkylation sites (N-methyl/N-ethyl adjacent to an activating group) is 1. The fraction of sp³-hybridized carbons (Fsp3) is 0.750. The van der Waals surface area contributed by atoms with Crippen LogP contribution >= 0.6 is 0 Å². The summed E-state index contributed by atoms with van der Waals surface area (Å²) in [5.74, 6) is 0. The highest BCUT2D eigenvalue weighted by Crippen LogP contribution is 2.20. The molecule has 0 aromatic carbocycles. The predicted octanol–water partition coefficient (Wildman–Crippen LogP) is 0.270. The molecule has 0 bridgehead atoms. The third-order valence-corrected chi connectivity index (χ3v) is 3.44. The van der Waals surface area contributed by atoms with Crippen LogP contribution in [0.1, 0.15) is 5.56 Å². The Morgan fingerprint density at radius 2 is 2.28 bits per heavy atom. The lowest BCUT2D eigenvalue weighted by Gasteiger charge is -2.40. The molecule has 18 heavy (non-hydrogen) atoms. The first kappa shape index (κ1) is 13.5. The number of nitrogens with zero attached hydrogens (tertiary/aromatic N) is 2. The van der Waals surface area contributed by atoms with Gasteiger partial charge < -0.3 is 14.2 Å². The van der Waals surface area contributed by atoms with E-state index in [1.807, 2.05) is 12.4 Å². The van der Waals surface area contributed by atoms with E-state index in [1.54, 1.807) is 14.2 Å². The second kappa shape index (κ2) is 6.29. The van der Waals surface area contributed by atoms with E-state index in [1.165, 1.54) is 0 Å². The lowest BCUT2D eigenvalue weighted by atomic mass is 10.0. The van der Waals surface area contributed by atoms with E-state index in [-0.39, 0.29) is 18.2 Å². The van der Waals surface area contributed by atoms with Gasteiger partial charge >= 0.3 is 0 Å². The largest absolute Gasteiger partial charge is 0.377 e. The van der Waals surface area contributed by atoms with E-state index in [0.29, 0.717) is 13.2 Å². The molecule has 0 amide bonds. The summed E-state index contributed by atoms with van der Waals surface area (Å²) in [6, 6.07) is 0.184. The summed E-state index contributed by atoms with van der Waals surface area (Å²) < 4.78 is 16.6. The number of hydrogen-bond acceptors (Lipinski definition) is 5. The molecule has 0 radical (unpaired) electrons. The zero-order valence-corrected chi connectivity index (χ0v) is 11.1. The summed E-state index contributed by atoms with van der Waals surface area (Å²) in [6.45, 7) is 2.05. The zero-order chi connectivity index (χ0) is 13.0. The van der Waals surface area contributed by atoms with Crippen molar-refractivity contribution in [3.8, 4) is 0 Å². The summed E-state index contributed by atoms with van der Waals surface area (Å²) in [5.41, 5.74) is 1.15. The minimum Gasteiger partial charge on any atom is -0.377 e. The first-order valence-electron chi connectivity index (χ1n) is 6.07. The first-order valence-corrected chi connectivity index (χ1v) is 6.07. The van der Waals surface area contributed by atoms with Crippen molar-refractivity contribution >= 4 is 0 Å². The molecule has 2 rings (SSSR count). The van der Waals surface area contributed by atoms with Gasteiger partial charge in [0.25, 0.3) is 0 Å². The predicted molar refractivity (Wildman–Crippen MR) is 66.3 cm³/mol. The van der Waals surface area contributed by atoms with E-state index in [9.17, 15) is 0 Å². The minimum absolute atomic E-state index is 0.0134. The van der Waals surface area contributed by atoms with Crippen LogP contribution in [0.25, 0.3) is 0 Å². The van der Waals surface area contributed by atoms with Crippen molar-refractivity contribution in [1.82, 2.24) is 15.1 Å². The molecule has 6 nitrogen and oxygen atoms in total. The molecule has 2 heterocycles. The molecule has 1 saturated heterocycles. The van der Waals surface area contributed by atoms with Crippen LogP contribution in [0, 0.1) is 0 Å². The number of aromatic amines is 1. The van der Waals surface area contributed by atoms with Crippen LogP contribution < -0.4 is 0 Å². The second-order valence-electron chi connectivity index (χ2n) is 4.60. The molecule has 1 N–H and O–H groups in total.